The van der Waals surface area contributed by atoms with Crippen molar-refractivity contribution in [1.82, 2.24) is 14.9 Å². The van der Waals surface area contributed by atoms with E-state index < -0.39 is 0 Å². The molecule has 1 amide bonds. The first-order chi connectivity index (χ1) is 16.0. The second-order valence-corrected chi connectivity index (χ2v) is 8.17. The molecule has 0 spiro atoms. The Morgan fingerprint density at radius 3 is 2.39 bits per heavy atom. The van der Waals surface area contributed by atoms with E-state index in [2.05, 4.69) is 29.8 Å². The summed E-state index contributed by atoms with van der Waals surface area (Å²) in [4.78, 5) is 17.3. The van der Waals surface area contributed by atoms with Crippen molar-refractivity contribution in [2.75, 3.05) is 13.2 Å². The first-order valence-electron chi connectivity index (χ1n) is 11.1. The molecule has 1 N–H and O–H groups in total. The van der Waals surface area contributed by atoms with Gasteiger partial charge in [-0.1, -0.05) is 36.4 Å². The number of nitrogens with one attached hydrogen (secondary N) is 1. The number of aryl methyl sites for hydroxylation is 2. The zero-order valence-electron chi connectivity index (χ0n) is 19.2. The van der Waals surface area contributed by atoms with Crippen LogP contribution in [-0.2, 0) is 11.3 Å². The van der Waals surface area contributed by atoms with E-state index in [0.29, 0.717) is 18.9 Å². The molecular formula is C27H29N3O3. The molecule has 0 bridgehead atoms. The Balaban J connectivity index is 1.45. The monoisotopic (exact) mass is 443 g/mol. The van der Waals surface area contributed by atoms with Gasteiger partial charge in [0.15, 0.2) is 6.61 Å². The number of aromatic nitrogens is 2. The fourth-order valence-electron chi connectivity index (χ4n) is 3.94. The Kier molecular flexibility index (Phi) is 6.93. The molecule has 33 heavy (non-hydrogen) atoms. The second kappa shape index (κ2) is 10.2. The molecule has 170 valence electrons. The molecule has 6 nitrogen and oxygen atoms in total. The first-order valence-corrected chi connectivity index (χ1v) is 11.1. The van der Waals surface area contributed by atoms with E-state index in [4.69, 9.17) is 14.5 Å². The average Bonchev–Trinajstić information content (AvgIpc) is 3.17. The highest BCUT2D eigenvalue weighted by Crippen LogP contribution is 2.22. The van der Waals surface area contributed by atoms with E-state index in [1.807, 2.05) is 73.7 Å². The lowest BCUT2D eigenvalue weighted by Crippen LogP contribution is -2.33. The highest BCUT2D eigenvalue weighted by molar-refractivity contribution is 5.79. The van der Waals surface area contributed by atoms with Gasteiger partial charge in [-0.15, -0.1) is 0 Å². The fraction of sp³-hybridized carbons (Fsp3) is 0.259. The highest BCUT2D eigenvalue weighted by Gasteiger charge is 2.18. The minimum absolute atomic E-state index is 0.0512. The number of ether oxygens (including phenoxy) is 2. The van der Waals surface area contributed by atoms with Crippen LogP contribution >= 0.6 is 0 Å². The molecule has 0 aliphatic heterocycles. The van der Waals surface area contributed by atoms with Gasteiger partial charge in [0.05, 0.1) is 23.6 Å². The van der Waals surface area contributed by atoms with Gasteiger partial charge in [-0.05, 0) is 68.3 Å². The van der Waals surface area contributed by atoms with E-state index in [-0.39, 0.29) is 18.6 Å². The van der Waals surface area contributed by atoms with Gasteiger partial charge in [-0.2, -0.15) is 0 Å². The predicted molar refractivity (Wildman–Crippen MR) is 130 cm³/mol. The van der Waals surface area contributed by atoms with Crippen molar-refractivity contribution >= 4 is 16.9 Å². The highest BCUT2D eigenvalue weighted by atomic mass is 16.5. The van der Waals surface area contributed by atoms with Crippen LogP contribution in [0.5, 0.6) is 11.5 Å². The Morgan fingerprint density at radius 2 is 1.64 bits per heavy atom. The summed E-state index contributed by atoms with van der Waals surface area (Å²) in [5.74, 6) is 2.11. The van der Waals surface area contributed by atoms with Crippen LogP contribution in [-0.4, -0.2) is 28.7 Å². The quantitative estimate of drug-likeness (QED) is 0.396. The maximum Gasteiger partial charge on any atom is 0.258 e. The van der Waals surface area contributed by atoms with Gasteiger partial charge in [0.2, 0.25) is 0 Å². The molecule has 3 aromatic carbocycles. The summed E-state index contributed by atoms with van der Waals surface area (Å²) in [5.41, 5.74) is 4.25. The van der Waals surface area contributed by atoms with Crippen LogP contribution in [0.25, 0.3) is 11.0 Å². The first kappa shape index (κ1) is 22.4. The molecular weight excluding hydrogens is 414 g/mol. The number of amides is 1. The summed E-state index contributed by atoms with van der Waals surface area (Å²) in [6, 6.07) is 23.2. The number of hydrogen-bond acceptors (Lipinski definition) is 4. The van der Waals surface area contributed by atoms with Crippen LogP contribution in [0.2, 0.25) is 0 Å². The standard InChI is InChI=1S/C27H29N3O3/c1-19-15-20(2)17-23(16-19)32-14-13-30-25-12-8-7-11-24(25)29-27(30)21(3)28-26(31)18-33-22-9-5-4-6-10-22/h4-12,15-17,21H,13-14,18H2,1-3H3,(H,28,31). The van der Waals surface area contributed by atoms with Crippen molar-refractivity contribution in [2.24, 2.45) is 0 Å². The Labute approximate surface area is 194 Å². The number of rotatable bonds is 9. The van der Waals surface area contributed by atoms with Crippen LogP contribution in [0, 0.1) is 13.8 Å². The third-order valence-electron chi connectivity index (χ3n) is 5.34. The number of carbonyl (C=O) groups excluding carboxylic acids is 1. The molecule has 1 aromatic heterocycles. The molecule has 0 saturated carbocycles. The van der Waals surface area contributed by atoms with E-state index in [1.54, 1.807) is 0 Å². The summed E-state index contributed by atoms with van der Waals surface area (Å²) >= 11 is 0. The number of hydrogen-bond donors (Lipinski definition) is 1. The smallest absolute Gasteiger partial charge is 0.258 e. The maximum absolute atomic E-state index is 12.5. The third-order valence-corrected chi connectivity index (χ3v) is 5.34. The number of para-hydroxylation sites is 3. The fourth-order valence-corrected chi connectivity index (χ4v) is 3.94. The van der Waals surface area contributed by atoms with Crippen molar-refractivity contribution in [3.8, 4) is 11.5 Å². The number of imidazole rings is 1. The lowest BCUT2D eigenvalue weighted by atomic mass is 10.1. The van der Waals surface area contributed by atoms with Crippen molar-refractivity contribution in [1.29, 1.82) is 0 Å². The van der Waals surface area contributed by atoms with Gasteiger partial charge in [-0.25, -0.2) is 4.98 Å². The summed E-state index contributed by atoms with van der Waals surface area (Å²) in [5, 5.41) is 3.00. The van der Waals surface area contributed by atoms with Crippen molar-refractivity contribution in [3.05, 3.63) is 89.7 Å². The van der Waals surface area contributed by atoms with Gasteiger partial charge >= 0.3 is 0 Å². The summed E-state index contributed by atoms with van der Waals surface area (Å²) in [7, 11) is 0. The SMILES string of the molecule is Cc1cc(C)cc(OCCn2c(C(C)NC(=O)COc3ccccc3)nc3ccccc32)c1. The lowest BCUT2D eigenvalue weighted by Gasteiger charge is -2.17. The molecule has 0 saturated heterocycles. The van der Waals surface area contributed by atoms with Gasteiger partial charge in [0.1, 0.15) is 23.9 Å². The van der Waals surface area contributed by atoms with Gasteiger partial charge in [-0.3, -0.25) is 4.79 Å². The van der Waals surface area contributed by atoms with Crippen LogP contribution in [0.15, 0.2) is 72.8 Å². The van der Waals surface area contributed by atoms with E-state index in [9.17, 15) is 4.79 Å². The molecule has 6 heteroatoms. The maximum atomic E-state index is 12.5. The Bertz CT molecular complexity index is 1210. The zero-order valence-corrected chi connectivity index (χ0v) is 19.2. The molecule has 0 aliphatic carbocycles. The zero-order chi connectivity index (χ0) is 23.2. The number of nitrogens with zero attached hydrogens (tertiary/aromatic N) is 2. The minimum atomic E-state index is -0.287. The molecule has 0 aliphatic rings. The molecule has 1 unspecified atom stereocenters. The van der Waals surface area contributed by atoms with Gasteiger partial charge in [0.25, 0.3) is 5.91 Å². The molecule has 0 fully saturated rings. The topological polar surface area (TPSA) is 65.4 Å². The molecule has 4 aromatic rings. The van der Waals surface area contributed by atoms with Crippen LogP contribution in [0.4, 0.5) is 0 Å². The molecule has 1 atom stereocenters. The minimum Gasteiger partial charge on any atom is -0.492 e. The number of benzene rings is 3. The Hall–Kier alpha value is -3.80. The average molecular weight is 444 g/mol. The summed E-state index contributed by atoms with van der Waals surface area (Å²) in [6.07, 6.45) is 0. The molecule has 1 heterocycles. The summed E-state index contributed by atoms with van der Waals surface area (Å²) < 4.78 is 13.7. The molecule has 4 rings (SSSR count). The van der Waals surface area contributed by atoms with E-state index >= 15 is 0 Å². The Morgan fingerprint density at radius 1 is 0.939 bits per heavy atom. The third kappa shape index (κ3) is 5.71. The van der Waals surface area contributed by atoms with Crippen LogP contribution in [0.3, 0.4) is 0 Å². The van der Waals surface area contributed by atoms with E-state index in [1.165, 1.54) is 11.1 Å². The predicted octanol–water partition coefficient (Wildman–Crippen LogP) is 4.99. The van der Waals surface area contributed by atoms with Crippen LogP contribution in [0.1, 0.15) is 29.9 Å². The lowest BCUT2D eigenvalue weighted by molar-refractivity contribution is -0.123. The van der Waals surface area contributed by atoms with Crippen molar-refractivity contribution < 1.29 is 14.3 Å². The number of fused-ring (bicyclic) bond motifs is 1. The summed E-state index contributed by atoms with van der Waals surface area (Å²) in [6.45, 7) is 7.12. The van der Waals surface area contributed by atoms with Crippen LogP contribution < -0.4 is 14.8 Å². The van der Waals surface area contributed by atoms with Gasteiger partial charge < -0.3 is 19.4 Å². The van der Waals surface area contributed by atoms with E-state index in [0.717, 1.165) is 22.6 Å². The van der Waals surface area contributed by atoms with Crippen molar-refractivity contribution in [3.63, 3.8) is 0 Å². The number of carbonyl (C=O) groups is 1. The molecule has 0 radical (unpaired) electrons. The van der Waals surface area contributed by atoms with Crippen molar-refractivity contribution in [2.45, 2.75) is 33.4 Å². The normalized spacial score (nSPS) is 11.8. The second-order valence-electron chi connectivity index (χ2n) is 8.17. The van der Waals surface area contributed by atoms with Gasteiger partial charge in [0, 0.05) is 0 Å². The largest absolute Gasteiger partial charge is 0.492 e.